The van der Waals surface area contributed by atoms with Crippen molar-refractivity contribution in [2.24, 2.45) is 11.1 Å². The highest BCUT2D eigenvalue weighted by Gasteiger charge is 2.29. The van der Waals surface area contributed by atoms with Gasteiger partial charge in [0.2, 0.25) is 5.89 Å². The van der Waals surface area contributed by atoms with E-state index in [0.717, 1.165) is 25.5 Å². The quantitative estimate of drug-likeness (QED) is 0.868. The van der Waals surface area contributed by atoms with E-state index >= 15 is 0 Å². The molecule has 0 bridgehead atoms. The fourth-order valence-corrected chi connectivity index (χ4v) is 2.00. The minimum atomic E-state index is 0. The van der Waals surface area contributed by atoms with Crippen LogP contribution in [0.15, 0.2) is 4.52 Å². The van der Waals surface area contributed by atoms with Crippen LogP contribution >= 0.6 is 12.4 Å². The van der Waals surface area contributed by atoms with Crippen LogP contribution < -0.4 is 5.73 Å². The summed E-state index contributed by atoms with van der Waals surface area (Å²) in [5.41, 5.74) is 5.82. The van der Waals surface area contributed by atoms with E-state index in [0.29, 0.717) is 17.9 Å². The first-order valence-electron chi connectivity index (χ1n) is 5.33. The Morgan fingerprint density at radius 1 is 1.50 bits per heavy atom. The number of hydrogen-bond acceptors (Lipinski definition) is 5. The molecule has 5 nitrogen and oxygen atoms in total. The summed E-state index contributed by atoms with van der Waals surface area (Å²) in [7, 11) is 0. The molecule has 0 unspecified atom stereocenters. The highest BCUT2D eigenvalue weighted by molar-refractivity contribution is 5.85. The van der Waals surface area contributed by atoms with Crippen LogP contribution in [0, 0.1) is 5.41 Å². The topological polar surface area (TPSA) is 68.2 Å². The summed E-state index contributed by atoms with van der Waals surface area (Å²) in [6, 6.07) is 0. The van der Waals surface area contributed by atoms with Gasteiger partial charge in [-0.15, -0.1) is 12.4 Å². The van der Waals surface area contributed by atoms with Gasteiger partial charge in [-0.05, 0) is 18.4 Å². The van der Waals surface area contributed by atoms with Crippen molar-refractivity contribution in [3.63, 3.8) is 0 Å². The van der Waals surface area contributed by atoms with Gasteiger partial charge in [0.05, 0.1) is 13.1 Å². The lowest BCUT2D eigenvalue weighted by molar-refractivity contribution is 0.273. The molecule has 0 aliphatic carbocycles. The zero-order valence-corrected chi connectivity index (χ0v) is 10.6. The molecule has 1 aromatic rings. The predicted molar refractivity (Wildman–Crippen MR) is 63.1 cm³/mol. The number of rotatable bonds is 3. The molecule has 2 N–H and O–H groups in total. The number of likely N-dealkylation sites (tertiary alicyclic amines) is 1. The minimum Gasteiger partial charge on any atom is -0.338 e. The highest BCUT2D eigenvalue weighted by atomic mass is 35.5. The summed E-state index contributed by atoms with van der Waals surface area (Å²) in [6.45, 7) is 7.87. The van der Waals surface area contributed by atoms with E-state index in [1.807, 2.05) is 0 Å². The fraction of sp³-hybridized carbons (Fsp3) is 0.800. The van der Waals surface area contributed by atoms with Crippen LogP contribution in [0.3, 0.4) is 0 Å². The molecule has 1 aliphatic rings. The zero-order chi connectivity index (χ0) is 10.9. The van der Waals surface area contributed by atoms with Gasteiger partial charge < -0.3 is 10.3 Å². The van der Waals surface area contributed by atoms with Gasteiger partial charge in [-0.25, -0.2) is 0 Å². The first kappa shape index (κ1) is 13.4. The number of halogens is 1. The van der Waals surface area contributed by atoms with Crippen molar-refractivity contribution in [3.8, 4) is 0 Å². The average molecular weight is 247 g/mol. The molecular weight excluding hydrogens is 228 g/mol. The molecule has 6 heteroatoms. The molecule has 1 fully saturated rings. The lowest BCUT2D eigenvalue weighted by Gasteiger charge is -2.17. The molecule has 2 heterocycles. The van der Waals surface area contributed by atoms with Crippen molar-refractivity contribution in [1.82, 2.24) is 15.0 Å². The van der Waals surface area contributed by atoms with Gasteiger partial charge in [-0.3, -0.25) is 4.90 Å². The maximum Gasteiger partial charge on any atom is 0.240 e. The second-order valence-corrected chi connectivity index (χ2v) is 4.93. The Bertz CT molecular complexity index is 339. The Kier molecular flexibility index (Phi) is 4.29. The van der Waals surface area contributed by atoms with Gasteiger partial charge in [-0.1, -0.05) is 19.0 Å². The average Bonchev–Trinajstić information content (AvgIpc) is 2.73. The highest BCUT2D eigenvalue weighted by Crippen LogP contribution is 2.29. The normalized spacial score (nSPS) is 19.7. The largest absolute Gasteiger partial charge is 0.338 e. The van der Waals surface area contributed by atoms with Gasteiger partial charge >= 0.3 is 0 Å². The van der Waals surface area contributed by atoms with E-state index in [1.165, 1.54) is 6.42 Å². The lowest BCUT2D eigenvalue weighted by Crippen LogP contribution is -2.23. The van der Waals surface area contributed by atoms with Gasteiger partial charge in [-0.2, -0.15) is 4.98 Å². The van der Waals surface area contributed by atoms with Crippen LogP contribution in [0.2, 0.25) is 0 Å². The van der Waals surface area contributed by atoms with E-state index < -0.39 is 0 Å². The van der Waals surface area contributed by atoms with Gasteiger partial charge in [0.15, 0.2) is 5.82 Å². The van der Waals surface area contributed by atoms with Crippen LogP contribution in [0.4, 0.5) is 0 Å². The lowest BCUT2D eigenvalue weighted by atomic mass is 9.93. The monoisotopic (exact) mass is 246 g/mol. The first-order valence-corrected chi connectivity index (χ1v) is 5.33. The third-order valence-corrected chi connectivity index (χ3v) is 2.81. The molecule has 92 valence electrons. The second kappa shape index (κ2) is 5.12. The van der Waals surface area contributed by atoms with Crippen molar-refractivity contribution in [2.45, 2.75) is 33.4 Å². The van der Waals surface area contributed by atoms with Crippen LogP contribution in [0.1, 0.15) is 32.0 Å². The molecule has 1 aromatic heterocycles. The number of nitrogens with two attached hydrogens (primary N) is 1. The standard InChI is InChI=1S/C10H18N4O.ClH/c1-10(2)3-4-14(7-10)6-8-12-9(5-11)15-13-8;/h3-7,11H2,1-2H3;1H. The molecule has 0 radical (unpaired) electrons. The molecule has 0 atom stereocenters. The third kappa shape index (κ3) is 3.17. The summed E-state index contributed by atoms with van der Waals surface area (Å²) < 4.78 is 4.96. The van der Waals surface area contributed by atoms with Crippen LogP contribution in [-0.2, 0) is 13.1 Å². The van der Waals surface area contributed by atoms with E-state index in [9.17, 15) is 0 Å². The van der Waals surface area contributed by atoms with Gasteiger partial charge in [0.25, 0.3) is 0 Å². The Labute approximate surface area is 102 Å². The van der Waals surface area contributed by atoms with E-state index in [4.69, 9.17) is 10.3 Å². The summed E-state index contributed by atoms with van der Waals surface area (Å²) in [4.78, 5) is 6.55. The van der Waals surface area contributed by atoms with E-state index in [1.54, 1.807) is 0 Å². The zero-order valence-electron chi connectivity index (χ0n) is 9.77. The molecule has 16 heavy (non-hydrogen) atoms. The van der Waals surface area contributed by atoms with Gasteiger partial charge in [0.1, 0.15) is 0 Å². The van der Waals surface area contributed by atoms with Crippen LogP contribution in [0.5, 0.6) is 0 Å². The van der Waals surface area contributed by atoms with Crippen molar-refractivity contribution in [2.75, 3.05) is 13.1 Å². The molecule has 0 spiro atoms. The van der Waals surface area contributed by atoms with Crippen molar-refractivity contribution in [1.29, 1.82) is 0 Å². The SMILES string of the molecule is CC1(C)CCN(Cc2noc(CN)n2)C1.Cl. The Morgan fingerprint density at radius 3 is 2.75 bits per heavy atom. The van der Waals surface area contributed by atoms with E-state index in [2.05, 4.69) is 28.9 Å². The molecule has 0 saturated carbocycles. The van der Waals surface area contributed by atoms with Crippen molar-refractivity contribution >= 4 is 12.4 Å². The molecule has 0 amide bonds. The van der Waals surface area contributed by atoms with Crippen LogP contribution in [-0.4, -0.2) is 28.1 Å². The molecular formula is C10H19ClN4O. The second-order valence-electron chi connectivity index (χ2n) is 4.93. The number of aromatic nitrogens is 2. The number of hydrogen-bond donors (Lipinski definition) is 1. The van der Waals surface area contributed by atoms with Crippen LogP contribution in [0.25, 0.3) is 0 Å². The van der Waals surface area contributed by atoms with Crippen molar-refractivity contribution in [3.05, 3.63) is 11.7 Å². The summed E-state index contributed by atoms with van der Waals surface area (Å²) in [6.07, 6.45) is 1.23. The summed E-state index contributed by atoms with van der Waals surface area (Å²) in [5.74, 6) is 1.26. The predicted octanol–water partition coefficient (Wildman–Crippen LogP) is 1.18. The summed E-state index contributed by atoms with van der Waals surface area (Å²) in [5, 5.41) is 3.89. The first-order chi connectivity index (χ1) is 7.09. The smallest absolute Gasteiger partial charge is 0.240 e. The number of nitrogens with zero attached hydrogens (tertiary/aromatic N) is 3. The molecule has 1 aliphatic heterocycles. The Hall–Kier alpha value is -0.650. The fourth-order valence-electron chi connectivity index (χ4n) is 2.00. The van der Waals surface area contributed by atoms with E-state index in [-0.39, 0.29) is 12.4 Å². The maximum atomic E-state index is 5.40. The van der Waals surface area contributed by atoms with Crippen molar-refractivity contribution < 1.29 is 4.52 Å². The minimum absolute atomic E-state index is 0. The Morgan fingerprint density at radius 2 is 2.25 bits per heavy atom. The molecule has 1 saturated heterocycles. The molecule has 2 rings (SSSR count). The molecule has 0 aromatic carbocycles. The maximum absolute atomic E-state index is 5.40. The Balaban J connectivity index is 0.00000128. The summed E-state index contributed by atoms with van der Waals surface area (Å²) >= 11 is 0. The third-order valence-electron chi connectivity index (χ3n) is 2.81. The van der Waals surface area contributed by atoms with Gasteiger partial charge in [0, 0.05) is 6.54 Å².